The van der Waals surface area contributed by atoms with Gasteiger partial charge in [-0.15, -0.1) is 0 Å². The van der Waals surface area contributed by atoms with Crippen molar-refractivity contribution < 1.29 is 14.8 Å². The number of allylic oxidation sites excluding steroid dienone is 2. The number of hydrogen-bond donors (Lipinski definition) is 2. The van der Waals surface area contributed by atoms with Gasteiger partial charge in [-0.1, -0.05) is 117 Å². The van der Waals surface area contributed by atoms with Crippen LogP contribution in [0.5, 0.6) is 5.75 Å². The molecule has 0 aromatic heterocycles. The molecule has 1 aliphatic carbocycles. The third kappa shape index (κ3) is 3.31. The summed E-state index contributed by atoms with van der Waals surface area (Å²) in [6.07, 6.45) is 5.29. The van der Waals surface area contributed by atoms with Crippen molar-refractivity contribution in [2.24, 2.45) is 0 Å². The Balaban J connectivity index is 1.38. The zero-order valence-corrected chi connectivity index (χ0v) is 24.5. The van der Waals surface area contributed by atoms with Crippen molar-refractivity contribution in [1.82, 2.24) is 0 Å². The number of rotatable bonds is 2. The van der Waals surface area contributed by atoms with E-state index in [1.54, 1.807) is 6.08 Å². The summed E-state index contributed by atoms with van der Waals surface area (Å²) in [5.74, 6) is 0.694. The second-order valence-corrected chi connectivity index (χ2v) is 12.6. The zero-order chi connectivity index (χ0) is 29.7. The van der Waals surface area contributed by atoms with Crippen molar-refractivity contribution in [2.75, 3.05) is 4.90 Å². The van der Waals surface area contributed by atoms with E-state index in [-0.39, 0.29) is 11.3 Å². The van der Waals surface area contributed by atoms with Gasteiger partial charge >= 0.3 is 7.12 Å². The van der Waals surface area contributed by atoms with Gasteiger partial charge in [0.1, 0.15) is 11.9 Å². The zero-order valence-electron chi connectivity index (χ0n) is 24.5. The normalized spacial score (nSPS) is 19.3. The number of hydrogen-bond acceptors (Lipinski definition) is 4. The molecule has 0 amide bonds. The van der Waals surface area contributed by atoms with E-state index >= 15 is 0 Å². The number of para-hydroxylation sites is 2. The van der Waals surface area contributed by atoms with E-state index in [2.05, 4.69) is 128 Å². The number of ether oxygens (including phenoxy) is 1. The molecule has 5 heteroatoms. The number of nitrogens with zero attached hydrogens (tertiary/aromatic N) is 1. The molecular weight excluding hydrogens is 541 g/mol. The van der Waals surface area contributed by atoms with Crippen LogP contribution in [0.4, 0.5) is 17.1 Å². The van der Waals surface area contributed by atoms with Crippen LogP contribution in [0.2, 0.25) is 0 Å². The molecule has 0 saturated heterocycles. The first kappa shape index (κ1) is 25.6. The fourth-order valence-corrected chi connectivity index (χ4v) is 8.09. The highest BCUT2D eigenvalue weighted by Crippen LogP contribution is 2.58. The van der Waals surface area contributed by atoms with E-state index in [0.717, 1.165) is 28.4 Å². The molecular formula is C39H30BNO3. The standard InChI is InChI=1S/C39H30BNO3/c1-39(2)30-17-7-8-19-32(30)41(34-20-10-16-29-28-15-9-18-31(40(42)43)37(28)44-38(29)34)33-22-21-27-25-13-4-3-11-23(25)24-12-5-6-14-26(24)35(27)36(33)39/h3-22,28,37,42-43H,1-2H3. The Hall–Kier alpha value is -4.84. The van der Waals surface area contributed by atoms with Gasteiger partial charge in [-0.05, 0) is 61.6 Å². The molecule has 0 bridgehead atoms. The van der Waals surface area contributed by atoms with Crippen LogP contribution >= 0.6 is 0 Å². The van der Waals surface area contributed by atoms with Gasteiger partial charge in [-0.2, -0.15) is 0 Å². The molecule has 2 unspecified atom stereocenters. The minimum atomic E-state index is -1.57. The molecule has 44 heavy (non-hydrogen) atoms. The smallest absolute Gasteiger partial charge is 0.483 e. The van der Waals surface area contributed by atoms with Crippen LogP contribution in [0.1, 0.15) is 36.5 Å². The third-order valence-electron chi connectivity index (χ3n) is 10.0. The van der Waals surface area contributed by atoms with Crippen molar-refractivity contribution in [1.29, 1.82) is 0 Å². The lowest BCUT2D eigenvalue weighted by atomic mass is 9.70. The number of benzene rings is 6. The highest BCUT2D eigenvalue weighted by atomic mass is 16.5. The maximum absolute atomic E-state index is 10.2. The summed E-state index contributed by atoms with van der Waals surface area (Å²) in [4.78, 5) is 2.36. The Morgan fingerprint density at radius 1 is 0.682 bits per heavy atom. The topological polar surface area (TPSA) is 52.9 Å². The maximum atomic E-state index is 10.2. The first-order valence-corrected chi connectivity index (χ1v) is 15.3. The Kier molecular flexibility index (Phi) is 5.30. The summed E-state index contributed by atoms with van der Waals surface area (Å²) in [7, 11) is -1.57. The molecule has 0 radical (unpaired) electrons. The summed E-state index contributed by atoms with van der Waals surface area (Å²) in [6.45, 7) is 4.69. The molecule has 0 spiro atoms. The minimum Gasteiger partial charge on any atom is -0.483 e. The van der Waals surface area contributed by atoms with Crippen molar-refractivity contribution in [3.63, 3.8) is 0 Å². The molecule has 212 valence electrons. The summed E-state index contributed by atoms with van der Waals surface area (Å²) in [5.41, 5.74) is 6.97. The maximum Gasteiger partial charge on any atom is 0.487 e. The van der Waals surface area contributed by atoms with E-state index in [1.165, 1.54) is 43.4 Å². The van der Waals surface area contributed by atoms with Crippen LogP contribution in [0.15, 0.2) is 127 Å². The van der Waals surface area contributed by atoms with Gasteiger partial charge in [-0.3, -0.25) is 0 Å². The molecule has 3 aliphatic rings. The quantitative estimate of drug-likeness (QED) is 0.161. The van der Waals surface area contributed by atoms with Crippen molar-refractivity contribution in [3.8, 4) is 5.75 Å². The van der Waals surface area contributed by atoms with E-state index in [9.17, 15) is 10.0 Å². The highest BCUT2D eigenvalue weighted by molar-refractivity contribution is 6.51. The van der Waals surface area contributed by atoms with Crippen LogP contribution in [-0.4, -0.2) is 23.3 Å². The molecule has 0 saturated carbocycles. The van der Waals surface area contributed by atoms with E-state index < -0.39 is 13.2 Å². The molecule has 9 rings (SSSR count). The van der Waals surface area contributed by atoms with E-state index in [0.29, 0.717) is 5.47 Å². The lowest BCUT2D eigenvalue weighted by molar-refractivity contribution is 0.254. The molecule has 2 heterocycles. The van der Waals surface area contributed by atoms with Gasteiger partial charge in [0, 0.05) is 22.4 Å². The highest BCUT2D eigenvalue weighted by Gasteiger charge is 2.44. The van der Waals surface area contributed by atoms with Crippen molar-refractivity contribution in [3.05, 3.63) is 144 Å². The molecule has 2 aliphatic heterocycles. The largest absolute Gasteiger partial charge is 0.487 e. The van der Waals surface area contributed by atoms with E-state index in [4.69, 9.17) is 4.74 Å². The van der Waals surface area contributed by atoms with Crippen LogP contribution < -0.4 is 9.64 Å². The Morgan fingerprint density at radius 3 is 2.07 bits per heavy atom. The summed E-state index contributed by atoms with van der Waals surface area (Å²) < 4.78 is 6.69. The molecule has 6 aromatic carbocycles. The number of anilines is 3. The molecule has 0 fully saturated rings. The molecule has 2 atom stereocenters. The first-order chi connectivity index (χ1) is 21.4. The third-order valence-corrected chi connectivity index (χ3v) is 10.0. The Morgan fingerprint density at radius 2 is 1.32 bits per heavy atom. The minimum absolute atomic E-state index is 0.0883. The SMILES string of the molecule is CC1(C)c2ccccc2N(c2cccc3c2OC2C(B(O)O)=CC=CC32)c2ccc3c4ccccc4c4ccccc4c3c21. The van der Waals surface area contributed by atoms with Crippen molar-refractivity contribution >= 4 is 56.5 Å². The van der Waals surface area contributed by atoms with Gasteiger partial charge in [0.15, 0.2) is 0 Å². The fraction of sp³-hybridized carbons (Fsp3) is 0.128. The van der Waals surface area contributed by atoms with Gasteiger partial charge in [0.2, 0.25) is 0 Å². The van der Waals surface area contributed by atoms with E-state index in [1.807, 2.05) is 6.08 Å². The predicted molar refractivity (Wildman–Crippen MR) is 180 cm³/mol. The van der Waals surface area contributed by atoms with Crippen LogP contribution in [-0.2, 0) is 5.41 Å². The monoisotopic (exact) mass is 571 g/mol. The second-order valence-electron chi connectivity index (χ2n) is 12.6. The average Bonchev–Trinajstić information content (AvgIpc) is 3.44. The average molecular weight is 571 g/mol. The summed E-state index contributed by atoms with van der Waals surface area (Å²) in [5, 5.41) is 27.9. The fourth-order valence-electron chi connectivity index (χ4n) is 8.09. The summed E-state index contributed by atoms with van der Waals surface area (Å²) in [6, 6.07) is 37.1. The van der Waals surface area contributed by atoms with Crippen molar-refractivity contribution in [2.45, 2.75) is 31.3 Å². The number of fused-ring (bicyclic) bond motifs is 12. The first-order valence-electron chi connectivity index (χ1n) is 15.3. The van der Waals surface area contributed by atoms with Crippen LogP contribution in [0, 0.1) is 0 Å². The van der Waals surface area contributed by atoms with Crippen LogP contribution in [0.25, 0.3) is 32.3 Å². The second kappa shape index (κ2) is 9.09. The predicted octanol–water partition coefficient (Wildman–Crippen LogP) is 8.61. The van der Waals surface area contributed by atoms with Crippen LogP contribution in [0.3, 0.4) is 0 Å². The lowest BCUT2D eigenvalue weighted by Crippen LogP contribution is -2.33. The van der Waals surface area contributed by atoms with Gasteiger partial charge in [0.05, 0.1) is 17.1 Å². The van der Waals surface area contributed by atoms with Gasteiger partial charge in [0.25, 0.3) is 0 Å². The molecule has 6 aromatic rings. The Labute approximate surface area is 256 Å². The summed E-state index contributed by atoms with van der Waals surface area (Å²) >= 11 is 0. The lowest BCUT2D eigenvalue weighted by Gasteiger charge is -2.43. The van der Waals surface area contributed by atoms with Gasteiger partial charge < -0.3 is 19.7 Å². The Bertz CT molecular complexity index is 2210. The van der Waals surface area contributed by atoms with Gasteiger partial charge in [-0.25, -0.2) is 0 Å². The molecule has 4 nitrogen and oxygen atoms in total. The molecule has 2 N–H and O–H groups in total.